The summed E-state index contributed by atoms with van der Waals surface area (Å²) in [7, 11) is 0. The molecule has 1 fully saturated rings. The average Bonchev–Trinajstić information content (AvgIpc) is 3.36. The van der Waals surface area contributed by atoms with Gasteiger partial charge in [0, 0.05) is 34.4 Å². The van der Waals surface area contributed by atoms with E-state index in [2.05, 4.69) is 21.2 Å². The number of fused-ring (bicyclic) bond motifs is 1. The van der Waals surface area contributed by atoms with Crippen molar-refractivity contribution in [2.75, 3.05) is 12.1 Å². The zero-order valence-electron chi connectivity index (χ0n) is 19.8. The van der Waals surface area contributed by atoms with Gasteiger partial charge in [-0.15, -0.1) is 0 Å². The normalized spacial score (nSPS) is 18.5. The second kappa shape index (κ2) is 10.7. The van der Waals surface area contributed by atoms with E-state index in [0.717, 1.165) is 35.7 Å². The number of carbonyl (C=O) groups excluding carboxylic acids is 2. The Bertz CT molecular complexity index is 1270. The molecule has 3 aromatic carbocycles. The molecule has 1 saturated carbocycles. The third kappa shape index (κ3) is 5.39. The highest BCUT2D eigenvalue weighted by molar-refractivity contribution is 9.10. The van der Waals surface area contributed by atoms with Crippen LogP contribution in [0.25, 0.3) is 0 Å². The fourth-order valence-electron chi connectivity index (χ4n) is 4.76. The van der Waals surface area contributed by atoms with Crippen molar-refractivity contribution in [2.24, 2.45) is 5.73 Å². The van der Waals surface area contributed by atoms with E-state index in [1.54, 1.807) is 24.3 Å². The van der Waals surface area contributed by atoms with E-state index >= 15 is 0 Å². The average molecular weight is 550 g/mol. The number of anilines is 1. The maximum absolute atomic E-state index is 13.7. The summed E-state index contributed by atoms with van der Waals surface area (Å²) >= 11 is 3.43. The highest BCUT2D eigenvalue weighted by Crippen LogP contribution is 2.34. The van der Waals surface area contributed by atoms with Gasteiger partial charge in [-0.05, 0) is 89.6 Å². The highest BCUT2D eigenvalue weighted by Gasteiger charge is 2.29. The first-order chi connectivity index (χ1) is 17.5. The van der Waals surface area contributed by atoms with Crippen LogP contribution in [0, 0.1) is 0 Å². The topological polar surface area (TPSA) is 93.9 Å². The molecule has 3 aromatic rings. The molecule has 186 valence electrons. The first kappa shape index (κ1) is 24.3. The van der Waals surface area contributed by atoms with Crippen LogP contribution in [0.2, 0.25) is 0 Å². The van der Waals surface area contributed by atoms with E-state index < -0.39 is 0 Å². The van der Waals surface area contributed by atoms with Crippen LogP contribution in [-0.2, 0) is 6.54 Å². The van der Waals surface area contributed by atoms with Crippen LogP contribution in [0.3, 0.4) is 0 Å². The predicted octanol–water partition coefficient (Wildman–Crippen LogP) is 5.34. The molecule has 8 heteroatoms. The number of benzene rings is 3. The third-order valence-corrected chi connectivity index (χ3v) is 7.41. The lowest BCUT2D eigenvalue weighted by atomic mass is 9.90. The van der Waals surface area contributed by atoms with Crippen LogP contribution in [0.1, 0.15) is 52.0 Å². The zero-order valence-corrected chi connectivity index (χ0v) is 21.4. The van der Waals surface area contributed by atoms with E-state index in [1.165, 1.54) is 0 Å². The van der Waals surface area contributed by atoms with Gasteiger partial charge < -0.3 is 25.4 Å². The van der Waals surface area contributed by atoms with E-state index in [-0.39, 0.29) is 30.7 Å². The lowest BCUT2D eigenvalue weighted by molar-refractivity contribution is 0.0606. The van der Waals surface area contributed by atoms with Gasteiger partial charge >= 0.3 is 0 Å². The standard InChI is InChI=1S/C28H28BrN3O4/c29-24-7-2-1-6-23(24)27(33)31-21-5-3-4-18(14-21)16-32(22-11-9-20(30)10-12-22)28(34)19-8-13-25-26(15-19)36-17-35-25/h1-8,13-15,20,22H,9-12,16-17,30H2,(H,31,33). The molecule has 0 saturated heterocycles. The minimum absolute atomic E-state index is 0.0589. The second-order valence-electron chi connectivity index (χ2n) is 9.20. The molecule has 0 atom stereocenters. The van der Waals surface area contributed by atoms with Crippen molar-refractivity contribution < 1.29 is 19.1 Å². The maximum atomic E-state index is 13.7. The molecular formula is C28H28BrN3O4. The molecule has 2 amide bonds. The summed E-state index contributed by atoms with van der Waals surface area (Å²) in [5.41, 5.74) is 8.87. The monoisotopic (exact) mass is 549 g/mol. The molecular weight excluding hydrogens is 522 g/mol. The number of carbonyl (C=O) groups is 2. The van der Waals surface area contributed by atoms with Crippen LogP contribution < -0.4 is 20.5 Å². The highest BCUT2D eigenvalue weighted by atomic mass is 79.9. The molecule has 3 N–H and O–H groups in total. The van der Waals surface area contributed by atoms with Gasteiger partial charge in [0.2, 0.25) is 6.79 Å². The lowest BCUT2D eigenvalue weighted by Crippen LogP contribution is -2.43. The Morgan fingerprint density at radius 2 is 1.72 bits per heavy atom. The molecule has 5 rings (SSSR count). The van der Waals surface area contributed by atoms with Gasteiger partial charge in [0.05, 0.1) is 5.56 Å². The number of rotatable bonds is 6. The largest absolute Gasteiger partial charge is 0.454 e. The molecule has 0 radical (unpaired) electrons. The molecule has 0 bridgehead atoms. The minimum Gasteiger partial charge on any atom is -0.454 e. The number of halogens is 1. The van der Waals surface area contributed by atoms with Gasteiger partial charge in [0.1, 0.15) is 0 Å². The van der Waals surface area contributed by atoms with Crippen molar-refractivity contribution in [3.05, 3.63) is 87.9 Å². The van der Waals surface area contributed by atoms with Gasteiger partial charge in [-0.1, -0.05) is 24.3 Å². The van der Waals surface area contributed by atoms with Crippen molar-refractivity contribution in [3.8, 4) is 11.5 Å². The number of amides is 2. The smallest absolute Gasteiger partial charge is 0.256 e. The number of hydrogen-bond donors (Lipinski definition) is 2. The number of nitrogens with two attached hydrogens (primary N) is 1. The Hall–Kier alpha value is -3.36. The van der Waals surface area contributed by atoms with Gasteiger partial charge in [-0.2, -0.15) is 0 Å². The number of hydrogen-bond acceptors (Lipinski definition) is 5. The first-order valence-corrected chi connectivity index (χ1v) is 12.9. The van der Waals surface area contributed by atoms with Gasteiger partial charge in [-0.25, -0.2) is 0 Å². The summed E-state index contributed by atoms with van der Waals surface area (Å²) in [4.78, 5) is 28.5. The fourth-order valence-corrected chi connectivity index (χ4v) is 5.23. The molecule has 2 aliphatic rings. The molecule has 0 spiro atoms. The summed E-state index contributed by atoms with van der Waals surface area (Å²) in [6.07, 6.45) is 3.49. The summed E-state index contributed by atoms with van der Waals surface area (Å²) in [5, 5.41) is 2.97. The summed E-state index contributed by atoms with van der Waals surface area (Å²) < 4.78 is 11.6. The number of ether oxygens (including phenoxy) is 2. The molecule has 1 heterocycles. The van der Waals surface area contributed by atoms with Crippen LogP contribution in [0.15, 0.2) is 71.2 Å². The van der Waals surface area contributed by atoms with Crippen LogP contribution >= 0.6 is 15.9 Å². The maximum Gasteiger partial charge on any atom is 0.256 e. The summed E-state index contributed by atoms with van der Waals surface area (Å²) in [6, 6.07) is 20.5. The molecule has 0 unspecified atom stereocenters. The molecule has 1 aliphatic heterocycles. The van der Waals surface area contributed by atoms with E-state index in [4.69, 9.17) is 15.2 Å². The van der Waals surface area contributed by atoms with Crippen molar-refractivity contribution in [2.45, 2.75) is 44.3 Å². The third-order valence-electron chi connectivity index (χ3n) is 6.72. The number of nitrogens with one attached hydrogen (secondary N) is 1. The van der Waals surface area contributed by atoms with Gasteiger partial charge in [-0.3, -0.25) is 9.59 Å². The Kier molecular flexibility index (Phi) is 7.25. The lowest BCUT2D eigenvalue weighted by Gasteiger charge is -2.36. The Balaban J connectivity index is 1.37. The first-order valence-electron chi connectivity index (χ1n) is 12.1. The summed E-state index contributed by atoms with van der Waals surface area (Å²) in [6.45, 7) is 0.585. The molecule has 36 heavy (non-hydrogen) atoms. The Morgan fingerprint density at radius 3 is 2.53 bits per heavy atom. The van der Waals surface area contributed by atoms with E-state index in [0.29, 0.717) is 34.9 Å². The second-order valence-corrected chi connectivity index (χ2v) is 10.1. The van der Waals surface area contributed by atoms with Crippen LogP contribution in [-0.4, -0.2) is 35.6 Å². The molecule has 1 aliphatic carbocycles. The van der Waals surface area contributed by atoms with Crippen molar-refractivity contribution in [3.63, 3.8) is 0 Å². The minimum atomic E-state index is -0.200. The van der Waals surface area contributed by atoms with E-state index in [9.17, 15) is 9.59 Å². The molecule has 7 nitrogen and oxygen atoms in total. The van der Waals surface area contributed by atoms with Crippen molar-refractivity contribution in [1.29, 1.82) is 0 Å². The quantitative estimate of drug-likeness (QED) is 0.432. The number of nitrogens with zero attached hydrogens (tertiary/aromatic N) is 1. The van der Waals surface area contributed by atoms with E-state index in [1.807, 2.05) is 47.4 Å². The van der Waals surface area contributed by atoms with Gasteiger partial charge in [0.15, 0.2) is 11.5 Å². The van der Waals surface area contributed by atoms with Crippen molar-refractivity contribution >= 4 is 33.4 Å². The molecule has 0 aromatic heterocycles. The van der Waals surface area contributed by atoms with Crippen LogP contribution in [0.4, 0.5) is 5.69 Å². The van der Waals surface area contributed by atoms with Crippen LogP contribution in [0.5, 0.6) is 11.5 Å². The zero-order chi connectivity index (χ0) is 25.1. The predicted molar refractivity (Wildman–Crippen MR) is 141 cm³/mol. The SMILES string of the molecule is NC1CCC(N(Cc2cccc(NC(=O)c3ccccc3Br)c2)C(=O)c2ccc3c(c2)OCO3)CC1. The van der Waals surface area contributed by atoms with Gasteiger partial charge in [0.25, 0.3) is 11.8 Å². The Morgan fingerprint density at radius 1 is 0.944 bits per heavy atom. The Labute approximate surface area is 218 Å². The fraction of sp³-hybridized carbons (Fsp3) is 0.286. The van der Waals surface area contributed by atoms with Crippen molar-refractivity contribution in [1.82, 2.24) is 4.90 Å². The summed E-state index contributed by atoms with van der Waals surface area (Å²) in [5.74, 6) is 0.976.